The topological polar surface area (TPSA) is 127 Å². The number of phenolic OH excluding ortho intramolecular Hbond substituents is 2. The number of urea groups is 1. The summed E-state index contributed by atoms with van der Waals surface area (Å²) in [7, 11) is 0. The molecule has 76 valence electrons. The van der Waals surface area contributed by atoms with Crippen LogP contribution in [0.4, 0.5) is 4.79 Å². The number of nitrogens with two attached hydrogens (primary N) is 2. The van der Waals surface area contributed by atoms with Crippen molar-refractivity contribution in [1.29, 1.82) is 0 Å². The number of phenols is 2. The van der Waals surface area contributed by atoms with Gasteiger partial charge in [-0.2, -0.15) is 0 Å². The Morgan fingerprint density at radius 1 is 1.21 bits per heavy atom. The lowest BCUT2D eigenvalue weighted by Gasteiger charge is -1.97. The highest BCUT2D eigenvalue weighted by atomic mass is 16.3. The van der Waals surface area contributed by atoms with Crippen LogP contribution in [-0.4, -0.2) is 22.5 Å². The zero-order valence-electron chi connectivity index (χ0n) is 7.18. The van der Waals surface area contributed by atoms with Crippen molar-refractivity contribution in [3.63, 3.8) is 0 Å². The number of aldehydes is 1. The van der Waals surface area contributed by atoms with Gasteiger partial charge in [-0.05, 0) is 12.1 Å². The molecular formula is C8H10N2O4. The molecule has 0 radical (unpaired) electrons. The summed E-state index contributed by atoms with van der Waals surface area (Å²) in [5.41, 5.74) is 8.43. The van der Waals surface area contributed by atoms with Crippen molar-refractivity contribution in [3.05, 3.63) is 23.8 Å². The van der Waals surface area contributed by atoms with Crippen molar-refractivity contribution in [2.45, 2.75) is 0 Å². The molecular weight excluding hydrogens is 188 g/mol. The van der Waals surface area contributed by atoms with Gasteiger partial charge in [-0.1, -0.05) is 6.07 Å². The Morgan fingerprint density at radius 2 is 1.57 bits per heavy atom. The van der Waals surface area contributed by atoms with Crippen LogP contribution < -0.4 is 11.5 Å². The van der Waals surface area contributed by atoms with E-state index in [1.165, 1.54) is 18.2 Å². The second kappa shape index (κ2) is 5.41. The van der Waals surface area contributed by atoms with Crippen molar-refractivity contribution in [3.8, 4) is 11.5 Å². The van der Waals surface area contributed by atoms with E-state index in [0.717, 1.165) is 0 Å². The SMILES string of the molecule is NC(N)=O.O=Cc1c(O)cccc1O. The Kier molecular flexibility index (Phi) is 4.55. The molecule has 6 N–H and O–H groups in total. The lowest BCUT2D eigenvalue weighted by Crippen LogP contribution is -2.18. The summed E-state index contributed by atoms with van der Waals surface area (Å²) in [5, 5.41) is 17.8. The van der Waals surface area contributed by atoms with Crippen LogP contribution in [0.3, 0.4) is 0 Å². The van der Waals surface area contributed by atoms with Crippen LogP contribution in [0, 0.1) is 0 Å². The van der Waals surface area contributed by atoms with E-state index in [1.807, 2.05) is 0 Å². The van der Waals surface area contributed by atoms with Gasteiger partial charge in [-0.3, -0.25) is 4.79 Å². The summed E-state index contributed by atoms with van der Waals surface area (Å²) >= 11 is 0. The summed E-state index contributed by atoms with van der Waals surface area (Å²) in [6.45, 7) is 0. The Balaban J connectivity index is 0.000000364. The fraction of sp³-hybridized carbons (Fsp3) is 0. The summed E-state index contributed by atoms with van der Waals surface area (Å²) in [6, 6.07) is 3.30. The third-order valence-corrected chi connectivity index (χ3v) is 1.18. The first-order valence-corrected chi connectivity index (χ1v) is 3.50. The Labute approximate surface area is 79.8 Å². The third-order valence-electron chi connectivity index (χ3n) is 1.18. The van der Waals surface area contributed by atoms with Crippen LogP contribution in [0.2, 0.25) is 0 Å². The van der Waals surface area contributed by atoms with Gasteiger partial charge in [0.2, 0.25) is 0 Å². The highest BCUT2D eigenvalue weighted by Gasteiger charge is 2.02. The van der Waals surface area contributed by atoms with Crippen LogP contribution in [0.5, 0.6) is 11.5 Å². The molecule has 0 saturated carbocycles. The van der Waals surface area contributed by atoms with Gasteiger partial charge in [0.05, 0.1) is 5.56 Å². The monoisotopic (exact) mass is 198 g/mol. The van der Waals surface area contributed by atoms with Crippen LogP contribution >= 0.6 is 0 Å². The molecule has 0 spiro atoms. The fourth-order valence-corrected chi connectivity index (χ4v) is 0.662. The maximum Gasteiger partial charge on any atom is 0.309 e. The predicted octanol–water partition coefficient (Wildman–Crippen LogP) is -0.0659. The maximum absolute atomic E-state index is 10.1. The molecule has 1 rings (SSSR count). The molecule has 0 fully saturated rings. The number of carbonyl (C=O) groups is 2. The first-order valence-electron chi connectivity index (χ1n) is 3.50. The number of hydrogen-bond acceptors (Lipinski definition) is 4. The molecule has 0 heterocycles. The maximum atomic E-state index is 10.1. The lowest BCUT2D eigenvalue weighted by atomic mass is 10.2. The van der Waals surface area contributed by atoms with Crippen molar-refractivity contribution in [1.82, 2.24) is 0 Å². The van der Waals surface area contributed by atoms with Crippen molar-refractivity contribution in [2.75, 3.05) is 0 Å². The van der Waals surface area contributed by atoms with E-state index in [2.05, 4.69) is 11.5 Å². The Hall–Kier alpha value is -2.24. The molecule has 0 unspecified atom stereocenters. The largest absolute Gasteiger partial charge is 0.507 e. The van der Waals surface area contributed by atoms with E-state index < -0.39 is 6.03 Å². The minimum absolute atomic E-state index is 0.0671. The van der Waals surface area contributed by atoms with Gasteiger partial charge in [-0.25, -0.2) is 4.79 Å². The van der Waals surface area contributed by atoms with Crippen LogP contribution in [-0.2, 0) is 0 Å². The van der Waals surface area contributed by atoms with E-state index in [9.17, 15) is 4.79 Å². The molecule has 6 nitrogen and oxygen atoms in total. The molecule has 1 aromatic carbocycles. The van der Waals surface area contributed by atoms with E-state index >= 15 is 0 Å². The van der Waals surface area contributed by atoms with Gasteiger partial charge >= 0.3 is 6.03 Å². The second-order valence-corrected chi connectivity index (χ2v) is 2.23. The summed E-state index contributed by atoms with van der Waals surface area (Å²) in [4.78, 5) is 19.1. The van der Waals surface area contributed by atoms with Gasteiger partial charge in [0.25, 0.3) is 0 Å². The van der Waals surface area contributed by atoms with Gasteiger partial charge in [0, 0.05) is 0 Å². The number of primary amides is 2. The fourth-order valence-electron chi connectivity index (χ4n) is 0.662. The zero-order chi connectivity index (χ0) is 11.1. The third kappa shape index (κ3) is 3.96. The highest BCUT2D eigenvalue weighted by Crippen LogP contribution is 2.23. The quantitative estimate of drug-likeness (QED) is 0.471. The van der Waals surface area contributed by atoms with Crippen molar-refractivity contribution < 1.29 is 19.8 Å². The van der Waals surface area contributed by atoms with Crippen molar-refractivity contribution >= 4 is 12.3 Å². The predicted molar refractivity (Wildman–Crippen MR) is 48.9 cm³/mol. The van der Waals surface area contributed by atoms with E-state index in [-0.39, 0.29) is 17.1 Å². The molecule has 2 amide bonds. The highest BCUT2D eigenvalue weighted by molar-refractivity contribution is 5.83. The molecule has 0 saturated heterocycles. The van der Waals surface area contributed by atoms with E-state index in [4.69, 9.17) is 15.0 Å². The van der Waals surface area contributed by atoms with Crippen LogP contribution in [0.25, 0.3) is 0 Å². The molecule has 1 aromatic rings. The van der Waals surface area contributed by atoms with Gasteiger partial charge < -0.3 is 21.7 Å². The average Bonchev–Trinajstić information content (AvgIpc) is 2.03. The van der Waals surface area contributed by atoms with Crippen LogP contribution in [0.1, 0.15) is 10.4 Å². The minimum Gasteiger partial charge on any atom is -0.507 e. The van der Waals surface area contributed by atoms with Crippen molar-refractivity contribution in [2.24, 2.45) is 11.5 Å². The van der Waals surface area contributed by atoms with Gasteiger partial charge in [0.15, 0.2) is 6.29 Å². The van der Waals surface area contributed by atoms with Crippen LogP contribution in [0.15, 0.2) is 18.2 Å². The van der Waals surface area contributed by atoms with Gasteiger partial charge in [0.1, 0.15) is 11.5 Å². The molecule has 0 bridgehead atoms. The summed E-state index contributed by atoms with van der Waals surface area (Å²) in [5.74, 6) is -0.398. The van der Waals surface area contributed by atoms with Gasteiger partial charge in [-0.15, -0.1) is 0 Å². The number of amides is 2. The first kappa shape index (κ1) is 11.8. The number of benzene rings is 1. The molecule has 0 aliphatic rings. The summed E-state index contributed by atoms with van der Waals surface area (Å²) < 4.78 is 0. The number of rotatable bonds is 1. The lowest BCUT2D eigenvalue weighted by molar-refractivity contribution is 0.111. The number of hydrogen-bond donors (Lipinski definition) is 4. The Morgan fingerprint density at radius 3 is 1.79 bits per heavy atom. The molecule has 14 heavy (non-hydrogen) atoms. The average molecular weight is 198 g/mol. The molecule has 0 aliphatic heterocycles. The first-order chi connectivity index (χ1) is 6.49. The molecule has 0 atom stereocenters. The minimum atomic E-state index is -0.833. The second-order valence-electron chi connectivity index (χ2n) is 2.23. The summed E-state index contributed by atoms with van der Waals surface area (Å²) in [6.07, 6.45) is 0.407. The molecule has 0 aromatic heterocycles. The molecule has 0 aliphatic carbocycles. The number of carbonyl (C=O) groups excluding carboxylic acids is 2. The smallest absolute Gasteiger partial charge is 0.309 e. The van der Waals surface area contributed by atoms with E-state index in [0.29, 0.717) is 6.29 Å². The Bertz CT molecular complexity index is 314. The van der Waals surface area contributed by atoms with E-state index in [1.54, 1.807) is 0 Å². The normalized spacial score (nSPS) is 8.29. The standard InChI is InChI=1S/C7H6O3.CH4N2O/c8-4-5-6(9)2-1-3-7(5)10;2-1(3)4/h1-4,9-10H;(H4,2,3,4). The zero-order valence-corrected chi connectivity index (χ0v) is 7.18. The number of aromatic hydroxyl groups is 2. The molecule has 6 heteroatoms.